The Kier molecular flexibility index (Phi) is 3.42. The molecular weight excluding hydrogens is 260 g/mol. The smallest absolute Gasteiger partial charge is 0.0887 e. The number of pyridine rings is 1. The number of fused-ring (bicyclic) bond motifs is 1. The summed E-state index contributed by atoms with van der Waals surface area (Å²) < 4.78 is 0. The van der Waals surface area contributed by atoms with Crippen LogP contribution in [0.25, 0.3) is 0 Å². The largest absolute Gasteiger partial charge is 0.293 e. The van der Waals surface area contributed by atoms with Crippen molar-refractivity contribution in [1.82, 2.24) is 10.0 Å². The molecule has 2 heterocycles. The van der Waals surface area contributed by atoms with Crippen LogP contribution in [0.3, 0.4) is 0 Å². The molecule has 3 heteroatoms. The highest BCUT2D eigenvalue weighted by molar-refractivity contribution is 5.31. The maximum atomic E-state index is 6.14. The Morgan fingerprint density at radius 1 is 1.29 bits per heavy atom. The van der Waals surface area contributed by atoms with Crippen molar-refractivity contribution in [2.24, 2.45) is 11.8 Å². The molecule has 0 aromatic carbocycles. The molecule has 2 aliphatic rings. The third kappa shape index (κ3) is 2.31. The van der Waals surface area contributed by atoms with Crippen LogP contribution in [0, 0.1) is 18.8 Å². The van der Waals surface area contributed by atoms with Gasteiger partial charge >= 0.3 is 0 Å². The van der Waals surface area contributed by atoms with Crippen molar-refractivity contribution in [1.29, 1.82) is 0 Å². The van der Waals surface area contributed by atoms with E-state index in [1.54, 1.807) is 0 Å². The third-order valence-corrected chi connectivity index (χ3v) is 5.82. The van der Waals surface area contributed by atoms with Gasteiger partial charge in [0.05, 0.1) is 5.60 Å². The second-order valence-corrected chi connectivity index (χ2v) is 7.97. The van der Waals surface area contributed by atoms with Crippen LogP contribution in [0.4, 0.5) is 0 Å². The van der Waals surface area contributed by atoms with Crippen LogP contribution in [-0.2, 0) is 10.3 Å². The van der Waals surface area contributed by atoms with Crippen LogP contribution in [0.5, 0.6) is 0 Å². The summed E-state index contributed by atoms with van der Waals surface area (Å²) in [6.45, 7) is 11.5. The number of rotatable bonds is 1. The first kappa shape index (κ1) is 15.0. The SMILES string of the molecule is Cc1ccncc1C1(C)CC(C)C2C(C1)C(C)(C)ON2C. The average molecular weight is 288 g/mol. The summed E-state index contributed by atoms with van der Waals surface area (Å²) >= 11 is 0. The summed E-state index contributed by atoms with van der Waals surface area (Å²) in [5.74, 6) is 1.19. The van der Waals surface area contributed by atoms with Gasteiger partial charge in [0.25, 0.3) is 0 Å². The fourth-order valence-electron chi connectivity index (χ4n) is 5.00. The van der Waals surface area contributed by atoms with Gasteiger partial charge in [0, 0.05) is 31.4 Å². The van der Waals surface area contributed by atoms with E-state index in [0.29, 0.717) is 17.9 Å². The second-order valence-electron chi connectivity index (χ2n) is 7.97. The van der Waals surface area contributed by atoms with Crippen molar-refractivity contribution in [3.8, 4) is 0 Å². The summed E-state index contributed by atoms with van der Waals surface area (Å²) in [7, 11) is 2.10. The minimum absolute atomic E-state index is 0.0779. The Hall–Kier alpha value is -0.930. The quantitative estimate of drug-likeness (QED) is 0.787. The summed E-state index contributed by atoms with van der Waals surface area (Å²) in [6, 6.07) is 2.67. The highest BCUT2D eigenvalue weighted by Crippen LogP contribution is 2.53. The molecule has 3 nitrogen and oxygen atoms in total. The van der Waals surface area contributed by atoms with Gasteiger partial charge in [-0.2, -0.15) is 5.06 Å². The average Bonchev–Trinajstić information content (AvgIpc) is 2.59. The monoisotopic (exact) mass is 288 g/mol. The molecule has 3 rings (SSSR count). The molecule has 0 spiro atoms. The van der Waals surface area contributed by atoms with E-state index in [9.17, 15) is 0 Å². The first-order valence-electron chi connectivity index (χ1n) is 8.08. The molecule has 1 aromatic rings. The van der Waals surface area contributed by atoms with E-state index in [1.165, 1.54) is 24.0 Å². The van der Waals surface area contributed by atoms with Crippen molar-refractivity contribution >= 4 is 0 Å². The highest BCUT2D eigenvalue weighted by Gasteiger charge is 2.55. The van der Waals surface area contributed by atoms with Crippen LogP contribution >= 0.6 is 0 Å². The molecule has 4 unspecified atom stereocenters. The normalized spacial score (nSPS) is 39.2. The van der Waals surface area contributed by atoms with E-state index < -0.39 is 0 Å². The zero-order valence-electron chi connectivity index (χ0n) is 14.2. The number of nitrogens with zero attached hydrogens (tertiary/aromatic N) is 2. The lowest BCUT2D eigenvalue weighted by atomic mass is 9.59. The lowest BCUT2D eigenvalue weighted by Crippen LogP contribution is -2.48. The number of aromatic nitrogens is 1. The first-order chi connectivity index (χ1) is 9.74. The first-order valence-corrected chi connectivity index (χ1v) is 8.08. The molecule has 1 saturated carbocycles. The zero-order valence-corrected chi connectivity index (χ0v) is 14.2. The molecule has 0 amide bonds. The molecule has 0 N–H and O–H groups in total. The number of hydroxylamine groups is 2. The fourth-order valence-corrected chi connectivity index (χ4v) is 5.00. The molecule has 1 aromatic heterocycles. The predicted octanol–water partition coefficient (Wildman–Crippen LogP) is 3.72. The lowest BCUT2D eigenvalue weighted by Gasteiger charge is -2.46. The Labute approximate surface area is 128 Å². The van der Waals surface area contributed by atoms with Gasteiger partial charge in [-0.05, 0) is 62.1 Å². The summed E-state index contributed by atoms with van der Waals surface area (Å²) in [6.07, 6.45) is 6.35. The maximum Gasteiger partial charge on any atom is 0.0887 e. The van der Waals surface area contributed by atoms with Crippen molar-refractivity contribution in [3.05, 3.63) is 29.6 Å². The zero-order chi connectivity index (χ0) is 15.4. The van der Waals surface area contributed by atoms with Gasteiger partial charge in [0.1, 0.15) is 0 Å². The van der Waals surface area contributed by atoms with Gasteiger partial charge in [0.2, 0.25) is 0 Å². The predicted molar refractivity (Wildman–Crippen MR) is 84.9 cm³/mol. The van der Waals surface area contributed by atoms with E-state index in [1.807, 2.05) is 6.20 Å². The van der Waals surface area contributed by atoms with Crippen molar-refractivity contribution in [2.45, 2.75) is 64.5 Å². The summed E-state index contributed by atoms with van der Waals surface area (Å²) in [4.78, 5) is 10.5. The summed E-state index contributed by atoms with van der Waals surface area (Å²) in [5, 5.41) is 2.12. The van der Waals surface area contributed by atoms with Crippen LogP contribution < -0.4 is 0 Å². The molecule has 21 heavy (non-hydrogen) atoms. The van der Waals surface area contributed by atoms with Gasteiger partial charge in [-0.1, -0.05) is 13.8 Å². The molecule has 0 radical (unpaired) electrons. The minimum atomic E-state index is -0.0779. The highest BCUT2D eigenvalue weighted by atomic mass is 16.7. The molecule has 1 aliphatic carbocycles. The molecule has 0 bridgehead atoms. The Morgan fingerprint density at radius 2 is 2.00 bits per heavy atom. The van der Waals surface area contributed by atoms with Gasteiger partial charge in [-0.3, -0.25) is 9.82 Å². The van der Waals surface area contributed by atoms with E-state index in [0.717, 1.165) is 0 Å². The molecule has 116 valence electrons. The molecule has 4 atom stereocenters. The van der Waals surface area contributed by atoms with E-state index in [2.05, 4.69) is 64.0 Å². The second kappa shape index (κ2) is 4.79. The number of hydrogen-bond acceptors (Lipinski definition) is 3. The Morgan fingerprint density at radius 3 is 2.67 bits per heavy atom. The third-order valence-electron chi connectivity index (χ3n) is 5.82. The standard InChI is InChI=1S/C18H28N2O/c1-12-7-8-19-11-15(12)18(5)9-13(2)16-14(10-18)17(3,4)21-20(16)6/h7-8,11,13-14,16H,9-10H2,1-6H3. The number of hydrogen-bond donors (Lipinski definition) is 0. The Bertz CT molecular complexity index is 542. The molecular formula is C18H28N2O. The lowest BCUT2D eigenvalue weighted by molar-refractivity contribution is -0.182. The van der Waals surface area contributed by atoms with Crippen LogP contribution in [0.15, 0.2) is 18.5 Å². The van der Waals surface area contributed by atoms with Gasteiger partial charge in [-0.25, -0.2) is 0 Å². The molecule has 2 fully saturated rings. The van der Waals surface area contributed by atoms with Crippen molar-refractivity contribution < 1.29 is 4.84 Å². The minimum Gasteiger partial charge on any atom is -0.293 e. The van der Waals surface area contributed by atoms with E-state index in [-0.39, 0.29) is 11.0 Å². The van der Waals surface area contributed by atoms with Crippen molar-refractivity contribution in [3.63, 3.8) is 0 Å². The number of aryl methyl sites for hydroxylation is 1. The maximum absolute atomic E-state index is 6.14. The van der Waals surface area contributed by atoms with Gasteiger partial charge in [0.15, 0.2) is 0 Å². The van der Waals surface area contributed by atoms with Crippen LogP contribution in [-0.4, -0.2) is 28.7 Å². The van der Waals surface area contributed by atoms with E-state index >= 15 is 0 Å². The van der Waals surface area contributed by atoms with E-state index in [4.69, 9.17) is 4.84 Å². The van der Waals surface area contributed by atoms with Crippen molar-refractivity contribution in [2.75, 3.05) is 7.05 Å². The van der Waals surface area contributed by atoms with Gasteiger partial charge < -0.3 is 0 Å². The fraction of sp³-hybridized carbons (Fsp3) is 0.722. The van der Waals surface area contributed by atoms with Crippen LogP contribution in [0.2, 0.25) is 0 Å². The Balaban J connectivity index is 1.99. The topological polar surface area (TPSA) is 25.4 Å². The van der Waals surface area contributed by atoms with Crippen LogP contribution in [0.1, 0.15) is 51.7 Å². The molecule has 1 saturated heterocycles. The summed E-state index contributed by atoms with van der Waals surface area (Å²) in [5.41, 5.74) is 2.90. The van der Waals surface area contributed by atoms with Gasteiger partial charge in [-0.15, -0.1) is 0 Å². The molecule has 1 aliphatic heterocycles.